The molecule has 0 heterocycles. The summed E-state index contributed by atoms with van der Waals surface area (Å²) < 4.78 is 0. The molecular formula is C18H22O2. The Kier molecular flexibility index (Phi) is 4.33. The van der Waals surface area contributed by atoms with Gasteiger partial charge < -0.3 is 10.2 Å². The van der Waals surface area contributed by atoms with Crippen LogP contribution in [0.3, 0.4) is 0 Å². The molecule has 2 rings (SSSR count). The van der Waals surface area contributed by atoms with E-state index in [0.717, 1.165) is 24.8 Å². The van der Waals surface area contributed by atoms with Crippen LogP contribution in [0.2, 0.25) is 0 Å². The monoisotopic (exact) mass is 270 g/mol. The van der Waals surface area contributed by atoms with Gasteiger partial charge in [-0.1, -0.05) is 44.2 Å². The molecule has 0 spiro atoms. The van der Waals surface area contributed by atoms with Crippen LogP contribution < -0.4 is 0 Å². The van der Waals surface area contributed by atoms with Crippen molar-refractivity contribution in [2.45, 2.75) is 38.5 Å². The molecule has 2 N–H and O–H groups in total. The van der Waals surface area contributed by atoms with E-state index in [0.29, 0.717) is 0 Å². The number of phenolic OH excluding ortho intramolecular Hbond substituents is 2. The maximum Gasteiger partial charge on any atom is 0.119 e. The number of hydrogen-bond acceptors (Lipinski definition) is 2. The van der Waals surface area contributed by atoms with Crippen molar-refractivity contribution in [2.24, 2.45) is 0 Å². The molecule has 2 heteroatoms. The Hall–Kier alpha value is -1.96. The third kappa shape index (κ3) is 3.53. The second-order valence-corrected chi connectivity index (χ2v) is 5.92. The zero-order valence-corrected chi connectivity index (χ0v) is 12.1. The first-order valence-electron chi connectivity index (χ1n) is 7.05. The number of benzene rings is 2. The van der Waals surface area contributed by atoms with Crippen molar-refractivity contribution < 1.29 is 10.2 Å². The molecule has 2 nitrogen and oxygen atoms in total. The minimum absolute atomic E-state index is 0.155. The number of hydrogen-bond donors (Lipinski definition) is 2. The molecule has 2 aromatic rings. The topological polar surface area (TPSA) is 40.5 Å². The fraction of sp³-hybridized carbons (Fsp3) is 0.333. The van der Waals surface area contributed by atoms with E-state index in [-0.39, 0.29) is 16.9 Å². The van der Waals surface area contributed by atoms with Crippen LogP contribution in [0.25, 0.3) is 0 Å². The van der Waals surface area contributed by atoms with Crippen molar-refractivity contribution >= 4 is 0 Å². The van der Waals surface area contributed by atoms with E-state index in [1.165, 1.54) is 11.6 Å². The quantitative estimate of drug-likeness (QED) is 0.791. The molecule has 20 heavy (non-hydrogen) atoms. The van der Waals surface area contributed by atoms with E-state index >= 15 is 0 Å². The molecule has 0 aliphatic rings. The summed E-state index contributed by atoms with van der Waals surface area (Å²) >= 11 is 0. The van der Waals surface area contributed by atoms with Gasteiger partial charge in [-0.05, 0) is 48.4 Å². The first-order chi connectivity index (χ1) is 9.49. The number of aromatic hydroxyl groups is 2. The largest absolute Gasteiger partial charge is 0.508 e. The van der Waals surface area contributed by atoms with Crippen LogP contribution in [0.1, 0.15) is 37.8 Å². The van der Waals surface area contributed by atoms with E-state index in [2.05, 4.69) is 38.1 Å². The highest BCUT2D eigenvalue weighted by Gasteiger charge is 2.23. The normalized spacial score (nSPS) is 11.5. The predicted molar refractivity (Wildman–Crippen MR) is 82.2 cm³/mol. The van der Waals surface area contributed by atoms with Crippen LogP contribution in [-0.4, -0.2) is 10.2 Å². The van der Waals surface area contributed by atoms with Gasteiger partial charge in [0.2, 0.25) is 0 Å². The second-order valence-electron chi connectivity index (χ2n) is 5.92. The summed E-state index contributed by atoms with van der Waals surface area (Å²) in [6, 6.07) is 15.2. The molecule has 106 valence electrons. The van der Waals surface area contributed by atoms with Gasteiger partial charge in [0, 0.05) is 5.56 Å². The Bertz CT molecular complexity index is 559. The highest BCUT2D eigenvalue weighted by Crippen LogP contribution is 2.36. The second kappa shape index (κ2) is 6.00. The van der Waals surface area contributed by atoms with Crippen molar-refractivity contribution in [1.82, 2.24) is 0 Å². The fourth-order valence-corrected chi connectivity index (χ4v) is 2.58. The van der Waals surface area contributed by atoms with Gasteiger partial charge in [-0.2, -0.15) is 0 Å². The van der Waals surface area contributed by atoms with Gasteiger partial charge >= 0.3 is 0 Å². The highest BCUT2D eigenvalue weighted by atomic mass is 16.3. The van der Waals surface area contributed by atoms with Gasteiger partial charge in [-0.25, -0.2) is 0 Å². The van der Waals surface area contributed by atoms with Crippen LogP contribution in [0.5, 0.6) is 11.5 Å². The van der Waals surface area contributed by atoms with Crippen molar-refractivity contribution in [3.8, 4) is 11.5 Å². The van der Waals surface area contributed by atoms with Crippen LogP contribution in [0, 0.1) is 0 Å². The van der Waals surface area contributed by atoms with Crippen molar-refractivity contribution in [1.29, 1.82) is 0 Å². The average Bonchev–Trinajstić information content (AvgIpc) is 2.42. The SMILES string of the molecule is CC(C)(CCCc1ccccc1)c1cc(O)ccc1O. The highest BCUT2D eigenvalue weighted by molar-refractivity contribution is 5.42. The summed E-state index contributed by atoms with van der Waals surface area (Å²) in [5.41, 5.74) is 1.99. The summed E-state index contributed by atoms with van der Waals surface area (Å²) in [6.45, 7) is 4.21. The smallest absolute Gasteiger partial charge is 0.119 e. The maximum atomic E-state index is 9.98. The van der Waals surface area contributed by atoms with Gasteiger partial charge in [-0.15, -0.1) is 0 Å². The van der Waals surface area contributed by atoms with Gasteiger partial charge in [0.05, 0.1) is 0 Å². The molecule has 0 amide bonds. The van der Waals surface area contributed by atoms with Gasteiger partial charge in [-0.3, -0.25) is 0 Å². The fourth-order valence-electron chi connectivity index (χ4n) is 2.58. The number of aryl methyl sites for hydroxylation is 1. The third-order valence-electron chi connectivity index (χ3n) is 3.82. The average molecular weight is 270 g/mol. The molecule has 0 aliphatic carbocycles. The number of phenols is 2. The van der Waals surface area contributed by atoms with E-state index < -0.39 is 0 Å². The Morgan fingerprint density at radius 1 is 0.950 bits per heavy atom. The van der Waals surface area contributed by atoms with Crippen LogP contribution in [-0.2, 0) is 11.8 Å². The van der Waals surface area contributed by atoms with Gasteiger partial charge in [0.15, 0.2) is 0 Å². The Morgan fingerprint density at radius 2 is 1.65 bits per heavy atom. The van der Waals surface area contributed by atoms with E-state index in [1.54, 1.807) is 12.1 Å². The molecule has 0 atom stereocenters. The minimum atomic E-state index is -0.155. The maximum absolute atomic E-state index is 9.98. The Morgan fingerprint density at radius 3 is 2.35 bits per heavy atom. The molecule has 0 saturated carbocycles. The summed E-state index contributed by atoms with van der Waals surface area (Å²) in [7, 11) is 0. The summed E-state index contributed by atoms with van der Waals surface area (Å²) in [6.07, 6.45) is 3.04. The third-order valence-corrected chi connectivity index (χ3v) is 3.82. The molecule has 0 aliphatic heterocycles. The first-order valence-corrected chi connectivity index (χ1v) is 7.05. The lowest BCUT2D eigenvalue weighted by molar-refractivity contribution is 0.405. The standard InChI is InChI=1S/C18H22O2/c1-18(2,16-13-15(19)10-11-17(16)20)12-6-9-14-7-4-3-5-8-14/h3-5,7-8,10-11,13,19-20H,6,9,12H2,1-2H3. The summed E-state index contributed by atoms with van der Waals surface area (Å²) in [5.74, 6) is 0.460. The molecule has 0 bridgehead atoms. The predicted octanol–water partition coefficient (Wildman–Crippen LogP) is 4.40. The lowest BCUT2D eigenvalue weighted by Crippen LogP contribution is -2.17. The molecule has 2 aromatic carbocycles. The van der Waals surface area contributed by atoms with E-state index in [9.17, 15) is 10.2 Å². The zero-order chi connectivity index (χ0) is 14.6. The van der Waals surface area contributed by atoms with Crippen LogP contribution in [0.15, 0.2) is 48.5 Å². The van der Waals surface area contributed by atoms with Crippen LogP contribution >= 0.6 is 0 Å². The van der Waals surface area contributed by atoms with Crippen molar-refractivity contribution in [3.63, 3.8) is 0 Å². The lowest BCUT2D eigenvalue weighted by Gasteiger charge is -2.26. The Balaban J connectivity index is 2.02. The molecule has 0 fully saturated rings. The molecule has 0 unspecified atom stereocenters. The summed E-state index contributed by atoms with van der Waals surface area (Å²) in [4.78, 5) is 0. The van der Waals surface area contributed by atoms with Crippen molar-refractivity contribution in [2.75, 3.05) is 0 Å². The lowest BCUT2D eigenvalue weighted by atomic mass is 9.79. The van der Waals surface area contributed by atoms with E-state index in [4.69, 9.17) is 0 Å². The van der Waals surface area contributed by atoms with Crippen molar-refractivity contribution in [3.05, 3.63) is 59.7 Å². The summed E-state index contributed by atoms with van der Waals surface area (Å²) in [5, 5.41) is 19.6. The van der Waals surface area contributed by atoms with Crippen LogP contribution in [0.4, 0.5) is 0 Å². The molecule has 0 saturated heterocycles. The number of rotatable bonds is 5. The molecular weight excluding hydrogens is 248 g/mol. The van der Waals surface area contributed by atoms with Gasteiger partial charge in [0.25, 0.3) is 0 Å². The zero-order valence-electron chi connectivity index (χ0n) is 12.1. The van der Waals surface area contributed by atoms with E-state index in [1.807, 2.05) is 6.07 Å². The van der Waals surface area contributed by atoms with Gasteiger partial charge in [0.1, 0.15) is 11.5 Å². The molecule has 0 radical (unpaired) electrons. The molecule has 0 aromatic heterocycles. The first kappa shape index (κ1) is 14.4. The minimum Gasteiger partial charge on any atom is -0.508 e. The Labute approximate surface area is 120 Å².